The topological polar surface area (TPSA) is 46.5 Å². The molecule has 1 aromatic rings. The van der Waals surface area contributed by atoms with Crippen LogP contribution in [0.4, 0.5) is 4.39 Å². The molecule has 5 heteroatoms. The summed E-state index contributed by atoms with van der Waals surface area (Å²) in [4.78, 5) is 11.3. The lowest BCUT2D eigenvalue weighted by Crippen LogP contribution is -2.08. The van der Waals surface area contributed by atoms with E-state index < -0.39 is 11.9 Å². The molecule has 0 saturated carbocycles. The molecule has 1 unspecified atom stereocenters. The zero-order valence-corrected chi connectivity index (χ0v) is 10.9. The first-order chi connectivity index (χ1) is 8.54. The molecule has 1 atom stereocenters. The van der Waals surface area contributed by atoms with Gasteiger partial charge >= 0.3 is 5.97 Å². The molecule has 18 heavy (non-hydrogen) atoms. The largest absolute Gasteiger partial charge is 0.466 e. The summed E-state index contributed by atoms with van der Waals surface area (Å²) in [5.41, 5.74) is 0.418. The number of esters is 1. The van der Waals surface area contributed by atoms with Gasteiger partial charge in [-0.3, -0.25) is 4.79 Å². The molecule has 0 aromatic heterocycles. The summed E-state index contributed by atoms with van der Waals surface area (Å²) in [6.45, 7) is 2.28. The molecular formula is C13H16ClFO3. The Bertz CT molecular complexity index is 409. The number of carbonyl (C=O) groups excluding carboxylic acids is 1. The SMILES string of the molecule is CCCOC(=O)CCC(O)c1ccc(F)cc1Cl. The quantitative estimate of drug-likeness (QED) is 0.810. The average Bonchev–Trinajstić information content (AvgIpc) is 2.33. The number of hydrogen-bond acceptors (Lipinski definition) is 3. The maximum atomic E-state index is 12.8. The van der Waals surface area contributed by atoms with Crippen molar-refractivity contribution in [2.45, 2.75) is 32.3 Å². The summed E-state index contributed by atoms with van der Waals surface area (Å²) in [7, 11) is 0. The van der Waals surface area contributed by atoms with Crippen molar-refractivity contribution in [1.29, 1.82) is 0 Å². The molecule has 0 saturated heterocycles. The van der Waals surface area contributed by atoms with Crippen molar-refractivity contribution in [2.24, 2.45) is 0 Å². The molecule has 0 bridgehead atoms. The smallest absolute Gasteiger partial charge is 0.305 e. The third kappa shape index (κ3) is 4.63. The van der Waals surface area contributed by atoms with Crippen LogP contribution in [0.5, 0.6) is 0 Å². The van der Waals surface area contributed by atoms with Crippen LogP contribution in [-0.4, -0.2) is 17.7 Å². The molecule has 100 valence electrons. The highest BCUT2D eigenvalue weighted by molar-refractivity contribution is 6.31. The first-order valence-electron chi connectivity index (χ1n) is 5.83. The van der Waals surface area contributed by atoms with Gasteiger partial charge in [-0.2, -0.15) is 0 Å². The monoisotopic (exact) mass is 274 g/mol. The molecule has 0 aliphatic rings. The predicted molar refractivity (Wildman–Crippen MR) is 66.9 cm³/mol. The minimum Gasteiger partial charge on any atom is -0.466 e. The second kappa shape index (κ2) is 7.34. The molecular weight excluding hydrogens is 259 g/mol. The number of rotatable bonds is 6. The molecule has 0 fully saturated rings. The van der Waals surface area contributed by atoms with Gasteiger partial charge in [-0.1, -0.05) is 24.6 Å². The van der Waals surface area contributed by atoms with Gasteiger partial charge in [0.15, 0.2) is 0 Å². The fourth-order valence-electron chi connectivity index (χ4n) is 1.47. The molecule has 0 amide bonds. The van der Waals surface area contributed by atoms with Crippen LogP contribution in [0.15, 0.2) is 18.2 Å². The highest BCUT2D eigenvalue weighted by Gasteiger charge is 2.14. The van der Waals surface area contributed by atoms with Gasteiger partial charge in [0, 0.05) is 11.4 Å². The second-order valence-electron chi connectivity index (χ2n) is 3.94. The number of carbonyl (C=O) groups is 1. The fourth-order valence-corrected chi connectivity index (χ4v) is 1.76. The molecule has 1 N–H and O–H groups in total. The van der Waals surface area contributed by atoms with Gasteiger partial charge in [0.05, 0.1) is 12.7 Å². The molecule has 0 aliphatic carbocycles. The van der Waals surface area contributed by atoms with Crippen LogP contribution in [0.3, 0.4) is 0 Å². The Balaban J connectivity index is 2.50. The van der Waals surface area contributed by atoms with E-state index in [0.29, 0.717) is 12.2 Å². The third-order valence-electron chi connectivity index (χ3n) is 2.41. The van der Waals surface area contributed by atoms with E-state index in [9.17, 15) is 14.3 Å². The van der Waals surface area contributed by atoms with Crippen molar-refractivity contribution >= 4 is 17.6 Å². The van der Waals surface area contributed by atoms with Crippen molar-refractivity contribution in [1.82, 2.24) is 0 Å². The Labute approximate surface area is 111 Å². The third-order valence-corrected chi connectivity index (χ3v) is 2.74. The minimum atomic E-state index is -0.896. The molecule has 0 radical (unpaired) electrons. The first kappa shape index (κ1) is 14.9. The van der Waals surface area contributed by atoms with Crippen molar-refractivity contribution in [3.63, 3.8) is 0 Å². The van der Waals surface area contributed by atoms with E-state index in [0.717, 1.165) is 12.5 Å². The van der Waals surface area contributed by atoms with Crippen LogP contribution in [0, 0.1) is 5.82 Å². The maximum absolute atomic E-state index is 12.8. The molecule has 3 nitrogen and oxygen atoms in total. The molecule has 1 aromatic carbocycles. The van der Waals surface area contributed by atoms with Gasteiger partial charge < -0.3 is 9.84 Å². The Morgan fingerprint density at radius 3 is 2.89 bits per heavy atom. The maximum Gasteiger partial charge on any atom is 0.305 e. The van der Waals surface area contributed by atoms with E-state index in [1.54, 1.807) is 0 Å². The lowest BCUT2D eigenvalue weighted by molar-refractivity contribution is -0.144. The van der Waals surface area contributed by atoms with Gasteiger partial charge in [-0.05, 0) is 30.5 Å². The summed E-state index contributed by atoms with van der Waals surface area (Å²) >= 11 is 5.81. The summed E-state index contributed by atoms with van der Waals surface area (Å²) in [6, 6.07) is 3.77. The number of benzene rings is 1. The normalized spacial score (nSPS) is 12.2. The Morgan fingerprint density at radius 2 is 2.28 bits per heavy atom. The average molecular weight is 275 g/mol. The van der Waals surface area contributed by atoms with Crippen molar-refractivity contribution in [3.8, 4) is 0 Å². The van der Waals surface area contributed by atoms with Gasteiger partial charge in [0.2, 0.25) is 0 Å². The highest BCUT2D eigenvalue weighted by Crippen LogP contribution is 2.26. The van der Waals surface area contributed by atoms with E-state index in [4.69, 9.17) is 16.3 Å². The highest BCUT2D eigenvalue weighted by atomic mass is 35.5. The molecule has 0 heterocycles. The van der Waals surface area contributed by atoms with Gasteiger partial charge in [0.25, 0.3) is 0 Å². The predicted octanol–water partition coefficient (Wildman–Crippen LogP) is 3.25. The Hall–Kier alpha value is -1.13. The summed E-state index contributed by atoms with van der Waals surface area (Å²) in [6.07, 6.45) is 0.174. The van der Waals surface area contributed by atoms with Crippen LogP contribution >= 0.6 is 11.6 Å². The van der Waals surface area contributed by atoms with Gasteiger partial charge in [-0.15, -0.1) is 0 Å². The van der Waals surface area contributed by atoms with Crippen LogP contribution in [0.25, 0.3) is 0 Å². The van der Waals surface area contributed by atoms with E-state index >= 15 is 0 Å². The fraction of sp³-hybridized carbons (Fsp3) is 0.462. The van der Waals surface area contributed by atoms with Crippen LogP contribution in [0.1, 0.15) is 37.9 Å². The van der Waals surface area contributed by atoms with E-state index in [1.807, 2.05) is 6.92 Å². The first-order valence-corrected chi connectivity index (χ1v) is 6.21. The number of aliphatic hydroxyl groups excluding tert-OH is 1. The lowest BCUT2D eigenvalue weighted by atomic mass is 10.0. The summed E-state index contributed by atoms with van der Waals surface area (Å²) in [5.74, 6) is -0.813. The van der Waals surface area contributed by atoms with Gasteiger partial charge in [-0.25, -0.2) is 4.39 Å². The zero-order valence-electron chi connectivity index (χ0n) is 10.2. The van der Waals surface area contributed by atoms with Crippen LogP contribution in [-0.2, 0) is 9.53 Å². The van der Waals surface area contributed by atoms with E-state index in [2.05, 4.69) is 0 Å². The second-order valence-corrected chi connectivity index (χ2v) is 4.35. The lowest BCUT2D eigenvalue weighted by Gasteiger charge is -2.12. The number of aliphatic hydroxyl groups is 1. The van der Waals surface area contributed by atoms with Gasteiger partial charge in [0.1, 0.15) is 5.82 Å². The minimum absolute atomic E-state index is 0.106. The summed E-state index contributed by atoms with van der Waals surface area (Å²) < 4.78 is 17.7. The number of ether oxygens (including phenoxy) is 1. The van der Waals surface area contributed by atoms with Crippen LogP contribution < -0.4 is 0 Å². The zero-order chi connectivity index (χ0) is 13.5. The van der Waals surface area contributed by atoms with Crippen LogP contribution in [0.2, 0.25) is 5.02 Å². The standard InChI is InChI=1S/C13H16ClFO3/c1-2-7-18-13(17)6-5-12(16)10-4-3-9(15)8-11(10)14/h3-4,8,12,16H,2,5-7H2,1H3. The molecule has 0 spiro atoms. The Kier molecular flexibility index (Phi) is 6.09. The number of hydrogen-bond donors (Lipinski definition) is 1. The van der Waals surface area contributed by atoms with Crippen molar-refractivity contribution < 1.29 is 19.0 Å². The molecule has 1 rings (SSSR count). The molecule has 0 aliphatic heterocycles. The van der Waals surface area contributed by atoms with E-state index in [-0.39, 0.29) is 23.8 Å². The van der Waals surface area contributed by atoms with E-state index in [1.165, 1.54) is 12.1 Å². The van der Waals surface area contributed by atoms with Crippen molar-refractivity contribution in [3.05, 3.63) is 34.6 Å². The Morgan fingerprint density at radius 1 is 1.56 bits per heavy atom. The summed E-state index contributed by atoms with van der Waals surface area (Å²) in [5, 5.41) is 10.0. The van der Waals surface area contributed by atoms with Crippen molar-refractivity contribution in [2.75, 3.05) is 6.61 Å². The number of halogens is 2.